The summed E-state index contributed by atoms with van der Waals surface area (Å²) in [5.41, 5.74) is 2.95. The minimum Gasteiger partial charge on any atom is -0.496 e. The average molecular weight is 355 g/mol. The summed E-state index contributed by atoms with van der Waals surface area (Å²) in [6, 6.07) is 15.5. The number of hydrogen-bond acceptors (Lipinski definition) is 5. The van der Waals surface area contributed by atoms with Gasteiger partial charge in [0, 0.05) is 29.0 Å². The number of nitrogens with zero attached hydrogens (tertiary/aromatic N) is 2. The number of methoxy groups -OCH3 is 1. The lowest BCUT2D eigenvalue weighted by Gasteiger charge is -2.11. The van der Waals surface area contributed by atoms with E-state index >= 15 is 0 Å². The summed E-state index contributed by atoms with van der Waals surface area (Å²) < 4.78 is 5.35. The molecular formula is C19H19ClN4O. The molecule has 0 atom stereocenters. The van der Waals surface area contributed by atoms with Gasteiger partial charge in [0.05, 0.1) is 7.11 Å². The number of aromatic nitrogens is 2. The Morgan fingerprint density at radius 1 is 1.12 bits per heavy atom. The predicted molar refractivity (Wildman–Crippen MR) is 102 cm³/mol. The summed E-state index contributed by atoms with van der Waals surface area (Å²) in [6.45, 7) is 2.54. The number of halogens is 1. The van der Waals surface area contributed by atoms with Crippen LogP contribution in [0.15, 0.2) is 54.7 Å². The van der Waals surface area contributed by atoms with Gasteiger partial charge in [0.1, 0.15) is 11.6 Å². The van der Waals surface area contributed by atoms with Gasteiger partial charge in [-0.25, -0.2) is 4.98 Å². The van der Waals surface area contributed by atoms with Gasteiger partial charge in [-0.1, -0.05) is 35.9 Å². The molecule has 0 aliphatic carbocycles. The molecule has 0 spiro atoms. The first-order chi connectivity index (χ1) is 12.2. The first-order valence-corrected chi connectivity index (χ1v) is 8.25. The lowest BCUT2D eigenvalue weighted by molar-refractivity contribution is 0.410. The molecule has 25 heavy (non-hydrogen) atoms. The van der Waals surface area contributed by atoms with Gasteiger partial charge in [-0.05, 0) is 36.8 Å². The molecule has 0 bridgehead atoms. The quantitative estimate of drug-likeness (QED) is 0.665. The highest BCUT2D eigenvalue weighted by molar-refractivity contribution is 6.31. The first kappa shape index (κ1) is 17.0. The van der Waals surface area contributed by atoms with Gasteiger partial charge in [0.15, 0.2) is 0 Å². The summed E-state index contributed by atoms with van der Waals surface area (Å²) in [5.74, 6) is 2.06. The molecule has 0 aliphatic rings. The summed E-state index contributed by atoms with van der Waals surface area (Å²) in [5, 5.41) is 7.16. The summed E-state index contributed by atoms with van der Waals surface area (Å²) in [4.78, 5) is 8.73. The van der Waals surface area contributed by atoms with Crippen LogP contribution >= 0.6 is 11.6 Å². The van der Waals surface area contributed by atoms with Crippen molar-refractivity contribution in [3.8, 4) is 5.75 Å². The maximum Gasteiger partial charge on any atom is 0.224 e. The second-order valence-electron chi connectivity index (χ2n) is 5.52. The van der Waals surface area contributed by atoms with E-state index in [0.29, 0.717) is 23.3 Å². The molecule has 0 unspecified atom stereocenters. The van der Waals surface area contributed by atoms with Gasteiger partial charge in [0.2, 0.25) is 5.95 Å². The summed E-state index contributed by atoms with van der Waals surface area (Å²) in [6.07, 6.45) is 1.70. The van der Waals surface area contributed by atoms with Crippen molar-refractivity contribution in [2.24, 2.45) is 0 Å². The van der Waals surface area contributed by atoms with Gasteiger partial charge in [-0.3, -0.25) is 0 Å². The second kappa shape index (κ2) is 7.85. The molecular weight excluding hydrogens is 336 g/mol. The predicted octanol–water partition coefficient (Wildman–Crippen LogP) is 4.80. The molecule has 0 fully saturated rings. The minimum absolute atomic E-state index is 0.536. The van der Waals surface area contributed by atoms with E-state index in [2.05, 4.69) is 20.6 Å². The van der Waals surface area contributed by atoms with E-state index in [1.54, 1.807) is 13.3 Å². The molecule has 2 N–H and O–H groups in total. The van der Waals surface area contributed by atoms with Gasteiger partial charge in [0.25, 0.3) is 0 Å². The van der Waals surface area contributed by atoms with Crippen molar-refractivity contribution in [3.63, 3.8) is 0 Å². The lowest BCUT2D eigenvalue weighted by Crippen LogP contribution is -2.06. The molecule has 3 aromatic rings. The molecule has 0 aliphatic heterocycles. The lowest BCUT2D eigenvalue weighted by atomic mass is 10.2. The number of aryl methyl sites for hydroxylation is 1. The third-order valence-electron chi connectivity index (χ3n) is 3.73. The van der Waals surface area contributed by atoms with E-state index in [1.807, 2.05) is 55.5 Å². The van der Waals surface area contributed by atoms with E-state index in [4.69, 9.17) is 16.3 Å². The number of hydrogen-bond donors (Lipinski definition) is 2. The van der Waals surface area contributed by atoms with Crippen LogP contribution in [0.4, 0.5) is 17.5 Å². The standard InChI is InChI=1S/C19H19ClN4O/c1-13-7-8-15(11-16(13)20)23-18-9-10-21-19(24-18)22-12-14-5-3-4-6-17(14)25-2/h3-11H,12H2,1-2H3,(H2,21,22,23,24). The van der Waals surface area contributed by atoms with E-state index in [1.165, 1.54) is 0 Å². The molecule has 1 heterocycles. The zero-order chi connectivity index (χ0) is 17.6. The fraction of sp³-hybridized carbons (Fsp3) is 0.158. The Kier molecular flexibility index (Phi) is 5.36. The van der Waals surface area contributed by atoms with E-state index in [0.717, 1.165) is 22.6 Å². The molecule has 2 aromatic carbocycles. The Morgan fingerprint density at radius 3 is 2.76 bits per heavy atom. The average Bonchev–Trinajstić information content (AvgIpc) is 2.63. The van der Waals surface area contributed by atoms with Crippen LogP contribution in [-0.2, 0) is 6.54 Å². The largest absolute Gasteiger partial charge is 0.496 e. The third kappa shape index (κ3) is 4.39. The smallest absolute Gasteiger partial charge is 0.224 e. The van der Waals surface area contributed by atoms with Crippen molar-refractivity contribution in [2.75, 3.05) is 17.7 Å². The van der Waals surface area contributed by atoms with Crippen molar-refractivity contribution in [3.05, 3.63) is 70.9 Å². The van der Waals surface area contributed by atoms with Gasteiger partial charge < -0.3 is 15.4 Å². The molecule has 5 nitrogen and oxygen atoms in total. The topological polar surface area (TPSA) is 59.1 Å². The highest BCUT2D eigenvalue weighted by Gasteiger charge is 2.04. The van der Waals surface area contributed by atoms with Crippen LogP contribution in [0.2, 0.25) is 5.02 Å². The molecule has 0 saturated carbocycles. The van der Waals surface area contributed by atoms with E-state index in [-0.39, 0.29) is 0 Å². The SMILES string of the molecule is COc1ccccc1CNc1nccc(Nc2ccc(C)c(Cl)c2)n1. The number of ether oxygens (including phenoxy) is 1. The van der Waals surface area contributed by atoms with Gasteiger partial charge >= 0.3 is 0 Å². The van der Waals surface area contributed by atoms with Crippen molar-refractivity contribution in [1.82, 2.24) is 9.97 Å². The highest BCUT2D eigenvalue weighted by Crippen LogP contribution is 2.23. The Hall–Kier alpha value is -2.79. The van der Waals surface area contributed by atoms with Crippen molar-refractivity contribution < 1.29 is 4.74 Å². The number of para-hydroxylation sites is 1. The van der Waals surface area contributed by atoms with Crippen LogP contribution in [0.1, 0.15) is 11.1 Å². The fourth-order valence-electron chi connectivity index (χ4n) is 2.36. The highest BCUT2D eigenvalue weighted by atomic mass is 35.5. The Bertz CT molecular complexity index is 870. The molecule has 6 heteroatoms. The monoisotopic (exact) mass is 354 g/mol. The maximum atomic E-state index is 6.16. The van der Waals surface area contributed by atoms with E-state index < -0.39 is 0 Å². The number of benzene rings is 2. The molecule has 0 saturated heterocycles. The second-order valence-corrected chi connectivity index (χ2v) is 5.93. The molecule has 1 aromatic heterocycles. The number of nitrogens with one attached hydrogen (secondary N) is 2. The Morgan fingerprint density at radius 2 is 1.96 bits per heavy atom. The fourth-order valence-corrected chi connectivity index (χ4v) is 2.54. The van der Waals surface area contributed by atoms with Crippen LogP contribution in [0, 0.1) is 6.92 Å². The Balaban J connectivity index is 1.70. The van der Waals surface area contributed by atoms with Crippen LogP contribution in [0.25, 0.3) is 0 Å². The van der Waals surface area contributed by atoms with Crippen molar-refractivity contribution in [2.45, 2.75) is 13.5 Å². The van der Waals surface area contributed by atoms with Crippen molar-refractivity contribution >= 4 is 29.1 Å². The summed E-state index contributed by atoms with van der Waals surface area (Å²) in [7, 11) is 1.66. The first-order valence-electron chi connectivity index (χ1n) is 7.87. The zero-order valence-electron chi connectivity index (χ0n) is 14.1. The third-order valence-corrected chi connectivity index (χ3v) is 4.14. The molecule has 0 radical (unpaired) electrons. The minimum atomic E-state index is 0.536. The van der Waals surface area contributed by atoms with Crippen LogP contribution in [0.5, 0.6) is 5.75 Å². The van der Waals surface area contributed by atoms with Crippen LogP contribution in [-0.4, -0.2) is 17.1 Å². The maximum absolute atomic E-state index is 6.16. The van der Waals surface area contributed by atoms with Gasteiger partial charge in [-0.2, -0.15) is 4.98 Å². The van der Waals surface area contributed by atoms with Crippen LogP contribution in [0.3, 0.4) is 0 Å². The molecule has 0 amide bonds. The van der Waals surface area contributed by atoms with Gasteiger partial charge in [-0.15, -0.1) is 0 Å². The van der Waals surface area contributed by atoms with Crippen LogP contribution < -0.4 is 15.4 Å². The Labute approximate surface area is 152 Å². The summed E-state index contributed by atoms with van der Waals surface area (Å²) >= 11 is 6.16. The normalized spacial score (nSPS) is 10.4. The molecule has 128 valence electrons. The zero-order valence-corrected chi connectivity index (χ0v) is 14.8. The number of anilines is 3. The number of rotatable bonds is 6. The molecule has 3 rings (SSSR count). The van der Waals surface area contributed by atoms with E-state index in [9.17, 15) is 0 Å². The van der Waals surface area contributed by atoms with Crippen molar-refractivity contribution in [1.29, 1.82) is 0 Å².